The van der Waals surface area contributed by atoms with Crippen molar-refractivity contribution < 1.29 is 13.2 Å². The molecule has 22 heavy (non-hydrogen) atoms. The predicted octanol–water partition coefficient (Wildman–Crippen LogP) is 3.11. The molecular weight excluding hydrogens is 368 g/mol. The quantitative estimate of drug-likeness (QED) is 0.761. The van der Waals surface area contributed by atoms with Crippen molar-refractivity contribution in [1.29, 1.82) is 0 Å². The van der Waals surface area contributed by atoms with Crippen molar-refractivity contribution in [1.82, 2.24) is 0 Å². The monoisotopic (exact) mass is 388 g/mol. The van der Waals surface area contributed by atoms with E-state index in [0.29, 0.717) is 31.0 Å². The number of alkyl halides is 1. The third-order valence-electron chi connectivity index (χ3n) is 3.63. The van der Waals surface area contributed by atoms with Crippen molar-refractivity contribution in [3.8, 4) is 0 Å². The first kappa shape index (κ1) is 17.3. The topological polar surface area (TPSA) is 66.5 Å². The summed E-state index contributed by atoms with van der Waals surface area (Å²) in [7, 11) is -3.36. The normalized spacial score (nSPS) is 15.1. The van der Waals surface area contributed by atoms with E-state index in [4.69, 9.17) is 0 Å². The lowest BCUT2D eigenvalue weighted by Gasteiger charge is -2.30. The molecule has 1 heterocycles. The van der Waals surface area contributed by atoms with Crippen LogP contribution in [0.5, 0.6) is 0 Å². The van der Waals surface area contributed by atoms with Crippen LogP contribution < -0.4 is 9.62 Å². The number of nitrogens with zero attached hydrogens (tertiary/aromatic N) is 1. The maximum atomic E-state index is 12.1. The van der Waals surface area contributed by atoms with E-state index in [0.717, 1.165) is 17.7 Å². The first-order chi connectivity index (χ1) is 10.3. The summed E-state index contributed by atoms with van der Waals surface area (Å²) in [5.74, 6) is 0.671. The van der Waals surface area contributed by atoms with E-state index in [-0.39, 0.29) is 10.6 Å². The van der Waals surface area contributed by atoms with Gasteiger partial charge in [0.15, 0.2) is 0 Å². The van der Waals surface area contributed by atoms with Gasteiger partial charge >= 0.3 is 0 Å². The van der Waals surface area contributed by atoms with E-state index in [9.17, 15) is 13.2 Å². The molecule has 1 aliphatic rings. The number of aryl methyl sites for hydroxylation is 1. The SMILES string of the molecule is CC(C)CCN1C(=O)CCc2cc(NS(=O)(=O)CBr)ccc21. The van der Waals surface area contributed by atoms with Crippen molar-refractivity contribution in [2.75, 3.05) is 20.8 Å². The van der Waals surface area contributed by atoms with Gasteiger partial charge in [-0.3, -0.25) is 9.52 Å². The van der Waals surface area contributed by atoms with E-state index in [1.54, 1.807) is 6.07 Å². The van der Waals surface area contributed by atoms with Gasteiger partial charge in [-0.15, -0.1) is 0 Å². The number of nitrogens with one attached hydrogen (secondary N) is 1. The van der Waals surface area contributed by atoms with E-state index >= 15 is 0 Å². The lowest BCUT2D eigenvalue weighted by atomic mass is 9.99. The molecule has 1 N–H and O–H groups in total. The molecule has 0 fully saturated rings. The maximum absolute atomic E-state index is 12.1. The lowest BCUT2D eigenvalue weighted by Crippen LogP contribution is -2.36. The van der Waals surface area contributed by atoms with Gasteiger partial charge in [-0.2, -0.15) is 0 Å². The van der Waals surface area contributed by atoms with Crippen LogP contribution in [0.4, 0.5) is 11.4 Å². The Bertz CT molecular complexity index is 659. The predicted molar refractivity (Wildman–Crippen MR) is 92.9 cm³/mol. The van der Waals surface area contributed by atoms with E-state index in [1.807, 2.05) is 17.0 Å². The highest BCUT2D eigenvalue weighted by Gasteiger charge is 2.24. The number of fused-ring (bicyclic) bond motifs is 1. The molecule has 0 saturated heterocycles. The molecule has 0 aromatic heterocycles. The number of hydrogen-bond donors (Lipinski definition) is 1. The number of anilines is 2. The molecule has 0 atom stereocenters. The molecule has 7 heteroatoms. The van der Waals surface area contributed by atoms with Crippen LogP contribution in [0, 0.1) is 5.92 Å². The lowest BCUT2D eigenvalue weighted by molar-refractivity contribution is -0.118. The molecule has 2 rings (SSSR count). The number of sulfonamides is 1. The maximum Gasteiger partial charge on any atom is 0.242 e. The van der Waals surface area contributed by atoms with Crippen molar-refractivity contribution in [3.05, 3.63) is 23.8 Å². The van der Waals surface area contributed by atoms with E-state index in [1.165, 1.54) is 0 Å². The Kier molecular flexibility index (Phi) is 5.50. The smallest absolute Gasteiger partial charge is 0.242 e. The molecule has 1 aliphatic heterocycles. The number of amides is 1. The minimum absolute atomic E-state index is 0.141. The van der Waals surface area contributed by atoms with Crippen molar-refractivity contribution >= 4 is 43.2 Å². The van der Waals surface area contributed by atoms with Crippen LogP contribution in [-0.4, -0.2) is 25.5 Å². The number of carbonyl (C=O) groups excluding carboxylic acids is 1. The molecule has 1 aromatic carbocycles. The molecule has 122 valence electrons. The third-order valence-corrected chi connectivity index (χ3v) is 6.27. The Labute approximate surface area is 140 Å². The molecular formula is C15H21BrN2O3S. The number of rotatable bonds is 6. The van der Waals surface area contributed by atoms with Gasteiger partial charge in [0.25, 0.3) is 0 Å². The number of halogens is 1. The molecule has 0 unspecified atom stereocenters. The summed E-state index contributed by atoms with van der Waals surface area (Å²) in [6, 6.07) is 5.36. The van der Waals surface area contributed by atoms with Crippen molar-refractivity contribution in [2.45, 2.75) is 33.1 Å². The Morgan fingerprint density at radius 2 is 2.05 bits per heavy atom. The number of benzene rings is 1. The molecule has 1 amide bonds. The summed E-state index contributed by atoms with van der Waals surface area (Å²) in [6.07, 6.45) is 2.07. The zero-order chi connectivity index (χ0) is 16.3. The second kappa shape index (κ2) is 7.00. The van der Waals surface area contributed by atoms with Crippen LogP contribution in [-0.2, 0) is 21.2 Å². The summed E-state index contributed by atoms with van der Waals surface area (Å²) in [6.45, 7) is 4.97. The van der Waals surface area contributed by atoms with Gasteiger partial charge in [-0.1, -0.05) is 29.8 Å². The van der Waals surface area contributed by atoms with Gasteiger partial charge in [-0.25, -0.2) is 8.42 Å². The Morgan fingerprint density at radius 1 is 1.32 bits per heavy atom. The number of carbonyl (C=O) groups is 1. The second-order valence-corrected chi connectivity index (χ2v) is 8.92. The average Bonchev–Trinajstić information content (AvgIpc) is 2.46. The fourth-order valence-corrected chi connectivity index (χ4v) is 3.35. The summed E-state index contributed by atoms with van der Waals surface area (Å²) < 4.78 is 25.6. The highest BCUT2D eigenvalue weighted by molar-refractivity contribution is 9.10. The summed E-state index contributed by atoms with van der Waals surface area (Å²) >= 11 is 2.95. The zero-order valence-corrected chi connectivity index (χ0v) is 15.2. The fourth-order valence-electron chi connectivity index (χ4n) is 2.46. The second-order valence-electron chi connectivity index (χ2n) is 5.90. The molecule has 1 aromatic rings. The average molecular weight is 389 g/mol. The van der Waals surface area contributed by atoms with Gasteiger partial charge in [0, 0.05) is 24.3 Å². The van der Waals surface area contributed by atoms with Gasteiger partial charge in [0.2, 0.25) is 15.9 Å². The number of hydrogen-bond acceptors (Lipinski definition) is 3. The first-order valence-corrected chi connectivity index (χ1v) is 10.1. The van der Waals surface area contributed by atoms with E-state index in [2.05, 4.69) is 34.5 Å². The van der Waals surface area contributed by atoms with E-state index < -0.39 is 10.0 Å². The molecule has 0 radical (unpaired) electrons. The van der Waals surface area contributed by atoms with Crippen LogP contribution in [0.1, 0.15) is 32.3 Å². The summed E-state index contributed by atoms with van der Waals surface area (Å²) in [4.78, 5) is 14.0. The van der Waals surface area contributed by atoms with Crippen LogP contribution in [0.2, 0.25) is 0 Å². The Hall–Kier alpha value is -1.08. The van der Waals surface area contributed by atoms with Gasteiger partial charge in [0.05, 0.1) is 0 Å². The highest BCUT2D eigenvalue weighted by Crippen LogP contribution is 2.31. The van der Waals surface area contributed by atoms with Gasteiger partial charge < -0.3 is 4.90 Å². The van der Waals surface area contributed by atoms with Crippen molar-refractivity contribution in [3.63, 3.8) is 0 Å². The largest absolute Gasteiger partial charge is 0.312 e. The molecule has 0 aliphatic carbocycles. The molecule has 0 bridgehead atoms. The minimum atomic E-state index is -3.36. The third kappa shape index (κ3) is 4.23. The van der Waals surface area contributed by atoms with Crippen LogP contribution >= 0.6 is 15.9 Å². The first-order valence-electron chi connectivity index (χ1n) is 7.32. The fraction of sp³-hybridized carbons (Fsp3) is 0.533. The molecule has 0 saturated carbocycles. The Balaban J connectivity index is 2.24. The van der Waals surface area contributed by atoms with Crippen LogP contribution in [0.15, 0.2) is 18.2 Å². The standard InChI is InChI=1S/C15H21BrN2O3S/c1-11(2)7-8-18-14-5-4-13(17-22(20,21)10-16)9-12(14)3-6-15(18)19/h4-5,9,11,17H,3,6-8,10H2,1-2H3. The van der Waals surface area contributed by atoms with Crippen molar-refractivity contribution in [2.24, 2.45) is 5.92 Å². The van der Waals surface area contributed by atoms with Crippen LogP contribution in [0.3, 0.4) is 0 Å². The summed E-state index contributed by atoms with van der Waals surface area (Å²) in [5.41, 5.74) is 2.45. The summed E-state index contributed by atoms with van der Waals surface area (Å²) in [5, 5.41) is 0. The zero-order valence-electron chi connectivity index (χ0n) is 12.8. The Morgan fingerprint density at radius 3 is 2.68 bits per heavy atom. The van der Waals surface area contributed by atoms with Crippen LogP contribution in [0.25, 0.3) is 0 Å². The van der Waals surface area contributed by atoms with Gasteiger partial charge in [0.1, 0.15) is 4.66 Å². The minimum Gasteiger partial charge on any atom is -0.312 e. The molecule has 5 nitrogen and oxygen atoms in total. The van der Waals surface area contributed by atoms with Gasteiger partial charge in [-0.05, 0) is 42.5 Å². The molecule has 0 spiro atoms. The highest BCUT2D eigenvalue weighted by atomic mass is 79.9.